The molecule has 0 fully saturated rings. The van der Waals surface area contributed by atoms with Gasteiger partial charge < -0.3 is 10.1 Å². The smallest absolute Gasteiger partial charge is 0.226 e. The third-order valence-corrected chi connectivity index (χ3v) is 6.56. The van der Waals surface area contributed by atoms with Gasteiger partial charge in [0.15, 0.2) is 0 Å². The van der Waals surface area contributed by atoms with E-state index in [1.165, 1.54) is 11.3 Å². The third kappa shape index (κ3) is 3.14. The van der Waals surface area contributed by atoms with Gasteiger partial charge in [0.2, 0.25) is 11.0 Å². The Bertz CT molecular complexity index is 1280. The SMILES string of the molecule is CCOc1ccc2nc(-n3nc(C)c4c3NC(=O)CC4c3ccccc3Cl)sc2c1. The van der Waals surface area contributed by atoms with Crippen LogP contribution in [0.15, 0.2) is 42.5 Å². The first-order chi connectivity index (χ1) is 14.5. The van der Waals surface area contributed by atoms with Gasteiger partial charge in [0.05, 0.1) is 22.5 Å². The summed E-state index contributed by atoms with van der Waals surface area (Å²) in [6.07, 6.45) is 0.334. The van der Waals surface area contributed by atoms with Crippen molar-refractivity contribution in [3.05, 3.63) is 64.3 Å². The quantitative estimate of drug-likeness (QED) is 0.468. The molecule has 1 aliphatic rings. The van der Waals surface area contributed by atoms with Gasteiger partial charge in [0.1, 0.15) is 11.6 Å². The molecule has 2 aromatic carbocycles. The molecule has 0 radical (unpaired) electrons. The summed E-state index contributed by atoms with van der Waals surface area (Å²) in [4.78, 5) is 17.3. The summed E-state index contributed by atoms with van der Waals surface area (Å²) in [5.74, 6) is 1.27. The zero-order valence-electron chi connectivity index (χ0n) is 16.5. The van der Waals surface area contributed by atoms with Crippen LogP contribution in [-0.4, -0.2) is 27.3 Å². The molecule has 152 valence electrons. The summed E-state index contributed by atoms with van der Waals surface area (Å²) >= 11 is 7.97. The van der Waals surface area contributed by atoms with E-state index in [0.29, 0.717) is 29.0 Å². The van der Waals surface area contributed by atoms with Gasteiger partial charge in [-0.05, 0) is 43.7 Å². The molecule has 1 unspecified atom stereocenters. The fraction of sp³-hybridized carbons (Fsp3) is 0.227. The number of rotatable bonds is 4. The van der Waals surface area contributed by atoms with Gasteiger partial charge in [-0.25, -0.2) is 4.98 Å². The number of aromatic nitrogens is 3. The van der Waals surface area contributed by atoms with E-state index in [0.717, 1.165) is 32.8 Å². The van der Waals surface area contributed by atoms with Crippen molar-refractivity contribution in [3.63, 3.8) is 0 Å². The van der Waals surface area contributed by atoms with Crippen LogP contribution in [-0.2, 0) is 4.79 Å². The van der Waals surface area contributed by atoms with Crippen molar-refractivity contribution in [1.82, 2.24) is 14.8 Å². The number of aryl methyl sites for hydroxylation is 1. The summed E-state index contributed by atoms with van der Waals surface area (Å²) in [5.41, 5.74) is 3.63. The molecule has 3 heterocycles. The Morgan fingerprint density at radius 1 is 1.30 bits per heavy atom. The zero-order valence-corrected chi connectivity index (χ0v) is 18.0. The molecule has 1 amide bonds. The number of benzene rings is 2. The Labute approximate surface area is 182 Å². The highest BCUT2D eigenvalue weighted by Gasteiger charge is 2.34. The highest BCUT2D eigenvalue weighted by Crippen LogP contribution is 2.43. The fourth-order valence-corrected chi connectivity index (χ4v) is 5.17. The minimum absolute atomic E-state index is 0.0617. The predicted molar refractivity (Wildman–Crippen MR) is 119 cm³/mol. The molecule has 1 N–H and O–H groups in total. The number of hydrogen-bond acceptors (Lipinski definition) is 5. The molecular weight excluding hydrogens is 420 g/mol. The number of ether oxygens (including phenoxy) is 1. The lowest BCUT2D eigenvalue weighted by Crippen LogP contribution is -2.25. The van der Waals surface area contributed by atoms with E-state index in [2.05, 4.69) is 5.32 Å². The Balaban J connectivity index is 1.64. The van der Waals surface area contributed by atoms with Gasteiger partial charge in [0, 0.05) is 22.9 Å². The van der Waals surface area contributed by atoms with Crippen LogP contribution in [0.4, 0.5) is 5.82 Å². The normalized spacial score (nSPS) is 15.8. The van der Waals surface area contributed by atoms with Gasteiger partial charge in [0.25, 0.3) is 0 Å². The molecule has 1 aliphatic heterocycles. The molecule has 5 rings (SSSR count). The number of thiazole rings is 1. The summed E-state index contributed by atoms with van der Waals surface area (Å²) in [6, 6.07) is 13.5. The monoisotopic (exact) mass is 438 g/mol. The number of hydrogen-bond donors (Lipinski definition) is 1. The molecule has 0 aliphatic carbocycles. The highest BCUT2D eigenvalue weighted by atomic mass is 35.5. The summed E-state index contributed by atoms with van der Waals surface area (Å²) in [5, 5.41) is 9.08. The molecule has 30 heavy (non-hydrogen) atoms. The second-order valence-corrected chi connectivity index (χ2v) is 8.56. The molecule has 0 saturated carbocycles. The Kier molecular flexibility index (Phi) is 4.72. The number of anilines is 1. The van der Waals surface area contributed by atoms with Gasteiger partial charge in [-0.1, -0.05) is 41.1 Å². The lowest BCUT2D eigenvalue weighted by atomic mass is 9.86. The van der Waals surface area contributed by atoms with E-state index < -0.39 is 0 Å². The molecule has 0 saturated heterocycles. The zero-order chi connectivity index (χ0) is 20.8. The van der Waals surface area contributed by atoms with Gasteiger partial charge in [-0.15, -0.1) is 0 Å². The van der Waals surface area contributed by atoms with Gasteiger partial charge in [-0.2, -0.15) is 9.78 Å². The average molecular weight is 439 g/mol. The molecule has 2 aromatic heterocycles. The van der Waals surface area contributed by atoms with Gasteiger partial charge in [-0.3, -0.25) is 4.79 Å². The van der Waals surface area contributed by atoms with Crippen LogP contribution in [0.5, 0.6) is 5.75 Å². The largest absolute Gasteiger partial charge is 0.494 e. The van der Waals surface area contributed by atoms with Crippen molar-refractivity contribution in [3.8, 4) is 10.9 Å². The van der Waals surface area contributed by atoms with Crippen LogP contribution in [0.25, 0.3) is 15.3 Å². The Morgan fingerprint density at radius 2 is 2.13 bits per heavy atom. The van der Waals surface area contributed by atoms with Gasteiger partial charge >= 0.3 is 0 Å². The molecule has 0 spiro atoms. The van der Waals surface area contributed by atoms with E-state index in [-0.39, 0.29) is 11.8 Å². The molecule has 0 bridgehead atoms. The first-order valence-electron chi connectivity index (χ1n) is 9.72. The van der Waals surface area contributed by atoms with E-state index in [1.807, 2.05) is 56.3 Å². The van der Waals surface area contributed by atoms with E-state index in [1.54, 1.807) is 4.68 Å². The first kappa shape index (κ1) is 19.1. The number of amides is 1. The second kappa shape index (κ2) is 7.41. The lowest BCUT2D eigenvalue weighted by Gasteiger charge is -2.24. The maximum Gasteiger partial charge on any atom is 0.226 e. The predicted octanol–water partition coefficient (Wildman–Crippen LogP) is 5.32. The molecular formula is C22H19ClN4O2S. The first-order valence-corrected chi connectivity index (χ1v) is 10.9. The maximum absolute atomic E-state index is 12.6. The van der Waals surface area contributed by atoms with Crippen LogP contribution in [0, 0.1) is 6.92 Å². The average Bonchev–Trinajstić information content (AvgIpc) is 3.28. The van der Waals surface area contributed by atoms with Crippen molar-refractivity contribution in [2.75, 3.05) is 11.9 Å². The minimum atomic E-state index is -0.143. The van der Waals surface area contributed by atoms with Crippen LogP contribution in [0.3, 0.4) is 0 Å². The van der Waals surface area contributed by atoms with E-state index in [9.17, 15) is 4.79 Å². The van der Waals surface area contributed by atoms with Crippen molar-refractivity contribution in [2.24, 2.45) is 0 Å². The number of carbonyl (C=O) groups is 1. The van der Waals surface area contributed by atoms with Crippen molar-refractivity contribution < 1.29 is 9.53 Å². The van der Waals surface area contributed by atoms with Crippen LogP contribution in [0.1, 0.15) is 36.1 Å². The standard InChI is InChI=1S/C22H19ClN4O2S/c1-3-29-13-8-9-17-18(10-13)30-22(24-17)27-21-20(12(2)26-27)15(11-19(28)25-21)14-6-4-5-7-16(14)23/h4-10,15H,3,11H2,1-2H3,(H,25,28). The molecule has 6 nitrogen and oxygen atoms in total. The number of nitrogens with zero attached hydrogens (tertiary/aromatic N) is 3. The van der Waals surface area contributed by atoms with Crippen molar-refractivity contribution >= 4 is 44.9 Å². The van der Waals surface area contributed by atoms with E-state index in [4.69, 9.17) is 26.4 Å². The summed E-state index contributed by atoms with van der Waals surface area (Å²) in [6.45, 7) is 4.52. The molecule has 4 aromatic rings. The molecule has 1 atom stereocenters. The Morgan fingerprint density at radius 3 is 2.93 bits per heavy atom. The van der Waals surface area contributed by atoms with Crippen molar-refractivity contribution in [2.45, 2.75) is 26.2 Å². The minimum Gasteiger partial charge on any atom is -0.494 e. The number of fused-ring (bicyclic) bond motifs is 2. The fourth-order valence-electron chi connectivity index (χ4n) is 3.95. The summed E-state index contributed by atoms with van der Waals surface area (Å²) < 4.78 is 8.33. The van der Waals surface area contributed by atoms with Crippen LogP contribution in [0.2, 0.25) is 5.02 Å². The molecule has 8 heteroatoms. The number of nitrogens with one attached hydrogen (secondary N) is 1. The number of carbonyl (C=O) groups excluding carboxylic acids is 1. The van der Waals surface area contributed by atoms with Crippen LogP contribution < -0.4 is 10.1 Å². The third-order valence-electron chi connectivity index (χ3n) is 5.22. The van der Waals surface area contributed by atoms with E-state index >= 15 is 0 Å². The highest BCUT2D eigenvalue weighted by molar-refractivity contribution is 7.20. The Hall–Kier alpha value is -2.90. The lowest BCUT2D eigenvalue weighted by molar-refractivity contribution is -0.116. The maximum atomic E-state index is 12.6. The van der Waals surface area contributed by atoms with Crippen LogP contribution >= 0.6 is 22.9 Å². The second-order valence-electron chi connectivity index (χ2n) is 7.14. The van der Waals surface area contributed by atoms with Crippen molar-refractivity contribution in [1.29, 1.82) is 0 Å². The topological polar surface area (TPSA) is 69.0 Å². The number of halogens is 1. The summed E-state index contributed by atoms with van der Waals surface area (Å²) in [7, 11) is 0.